The van der Waals surface area contributed by atoms with Crippen LogP contribution in [0.3, 0.4) is 0 Å². The van der Waals surface area contributed by atoms with E-state index in [9.17, 15) is 10.5 Å². The van der Waals surface area contributed by atoms with Crippen LogP contribution >= 0.6 is 23.5 Å². The topological polar surface area (TPSA) is 95.2 Å². The molecule has 1 fully saturated rings. The van der Waals surface area contributed by atoms with E-state index in [-0.39, 0.29) is 5.92 Å². The first-order valence-electron chi connectivity index (χ1n) is 8.13. The summed E-state index contributed by atoms with van der Waals surface area (Å²) in [6, 6.07) is 12.4. The van der Waals surface area contributed by atoms with Crippen LogP contribution in [0.2, 0.25) is 0 Å². The van der Waals surface area contributed by atoms with Crippen LogP contribution in [0.15, 0.2) is 29.3 Å². The van der Waals surface area contributed by atoms with Crippen LogP contribution in [0.4, 0.5) is 0 Å². The third-order valence-corrected chi connectivity index (χ3v) is 7.95. The number of nitrogens with two attached hydrogens (primary N) is 1. The summed E-state index contributed by atoms with van der Waals surface area (Å²) in [4.78, 5) is 4.68. The van der Waals surface area contributed by atoms with Gasteiger partial charge in [-0.1, -0.05) is 26.0 Å². The molecule has 130 valence electrons. The van der Waals surface area contributed by atoms with Gasteiger partial charge >= 0.3 is 0 Å². The molecule has 25 heavy (non-hydrogen) atoms. The maximum Gasteiger partial charge on any atom is 0.175 e. The zero-order valence-corrected chi connectivity index (χ0v) is 16.1. The Bertz CT molecular complexity index is 789. The normalized spacial score (nSPS) is 31.4. The molecule has 0 spiro atoms. The molecule has 1 heterocycles. The van der Waals surface area contributed by atoms with Crippen molar-refractivity contribution < 1.29 is 4.74 Å². The van der Waals surface area contributed by atoms with Gasteiger partial charge in [-0.15, -0.1) is 23.5 Å². The summed E-state index contributed by atoms with van der Waals surface area (Å²) in [5, 5.41) is 20.3. The number of amidine groups is 1. The van der Waals surface area contributed by atoms with Gasteiger partial charge < -0.3 is 10.5 Å². The molecule has 0 bridgehead atoms. The Morgan fingerprint density at radius 1 is 1.16 bits per heavy atom. The summed E-state index contributed by atoms with van der Waals surface area (Å²) in [6.07, 6.45) is 0. The van der Waals surface area contributed by atoms with Crippen molar-refractivity contribution in [2.24, 2.45) is 21.6 Å². The van der Waals surface area contributed by atoms with Crippen molar-refractivity contribution in [3.8, 4) is 17.9 Å². The van der Waals surface area contributed by atoms with Gasteiger partial charge in [0.05, 0.1) is 19.2 Å². The Kier molecular flexibility index (Phi) is 4.43. The van der Waals surface area contributed by atoms with Gasteiger partial charge in [-0.05, 0) is 29.2 Å². The highest BCUT2D eigenvalue weighted by atomic mass is 32.2. The lowest BCUT2D eigenvalue weighted by Crippen LogP contribution is -2.31. The van der Waals surface area contributed by atoms with E-state index in [4.69, 9.17) is 10.5 Å². The Hall–Kier alpha value is -1.83. The molecule has 2 aliphatic rings. The molecule has 0 aromatic heterocycles. The molecular formula is C18H20N4OS2. The first-order chi connectivity index (χ1) is 12.0. The van der Waals surface area contributed by atoms with Crippen LogP contribution in [0.5, 0.6) is 5.75 Å². The summed E-state index contributed by atoms with van der Waals surface area (Å²) >= 11 is 3.21. The van der Waals surface area contributed by atoms with Crippen molar-refractivity contribution in [3.63, 3.8) is 0 Å². The van der Waals surface area contributed by atoms with Crippen LogP contribution in [-0.2, 0) is 0 Å². The van der Waals surface area contributed by atoms with Gasteiger partial charge in [-0.3, -0.25) is 0 Å². The number of hydrogen-bond donors (Lipinski definition) is 1. The van der Waals surface area contributed by atoms with E-state index in [1.165, 1.54) is 0 Å². The number of benzene rings is 1. The number of methoxy groups -OCH3 is 1. The number of ether oxygens (including phenoxy) is 1. The van der Waals surface area contributed by atoms with Crippen molar-refractivity contribution in [1.29, 1.82) is 10.5 Å². The van der Waals surface area contributed by atoms with E-state index in [2.05, 4.69) is 17.1 Å². The predicted octanol–water partition coefficient (Wildman–Crippen LogP) is 3.34. The molecule has 3 atom stereocenters. The predicted molar refractivity (Wildman–Crippen MR) is 102 cm³/mol. The van der Waals surface area contributed by atoms with Crippen LogP contribution in [0.25, 0.3) is 0 Å². The Morgan fingerprint density at radius 2 is 1.76 bits per heavy atom. The van der Waals surface area contributed by atoms with E-state index >= 15 is 0 Å². The van der Waals surface area contributed by atoms with Crippen LogP contribution in [0.1, 0.15) is 25.3 Å². The van der Waals surface area contributed by atoms with Gasteiger partial charge in [0.1, 0.15) is 22.4 Å². The number of hydrogen-bond acceptors (Lipinski definition) is 7. The van der Waals surface area contributed by atoms with Crippen molar-refractivity contribution in [2.45, 2.75) is 24.0 Å². The standard InChI is InChI=1S/C18H20N4OS2/c1-4-24-18(25-5-2)17(11-20)14(16(17,10-19)15(21)22-18)12-6-8-13(23-3)9-7-12/h6-9,14H,4-5H2,1-3H3,(H2,21,22). The van der Waals surface area contributed by atoms with Gasteiger partial charge in [0, 0.05) is 5.92 Å². The zero-order chi connectivity index (χ0) is 18.3. The minimum atomic E-state index is -1.05. The summed E-state index contributed by atoms with van der Waals surface area (Å²) in [6.45, 7) is 4.08. The average molecular weight is 373 g/mol. The molecule has 0 amide bonds. The summed E-state index contributed by atoms with van der Waals surface area (Å²) < 4.78 is 4.48. The highest BCUT2D eigenvalue weighted by Gasteiger charge is 2.91. The number of nitriles is 2. The molecule has 1 saturated carbocycles. The number of thioether (sulfide) groups is 2. The molecule has 1 aromatic rings. The van der Waals surface area contributed by atoms with Gasteiger partial charge in [0.2, 0.25) is 0 Å². The van der Waals surface area contributed by atoms with E-state index in [1.807, 2.05) is 38.1 Å². The van der Waals surface area contributed by atoms with Gasteiger partial charge in [-0.25, -0.2) is 4.99 Å². The highest BCUT2D eigenvalue weighted by molar-refractivity contribution is 8.18. The lowest BCUT2D eigenvalue weighted by molar-refractivity contribution is 0.414. The zero-order valence-electron chi connectivity index (χ0n) is 14.4. The largest absolute Gasteiger partial charge is 0.497 e. The smallest absolute Gasteiger partial charge is 0.175 e. The summed E-state index contributed by atoms with van der Waals surface area (Å²) in [5.74, 6) is 2.34. The molecular weight excluding hydrogens is 352 g/mol. The molecule has 1 aliphatic carbocycles. The van der Waals surface area contributed by atoms with E-state index < -0.39 is 15.0 Å². The molecule has 3 unspecified atom stereocenters. The van der Waals surface area contributed by atoms with Gasteiger partial charge in [0.25, 0.3) is 0 Å². The molecule has 2 N–H and O–H groups in total. The van der Waals surface area contributed by atoms with Crippen LogP contribution in [0, 0.1) is 33.5 Å². The molecule has 1 aromatic carbocycles. The fourth-order valence-electron chi connectivity index (χ4n) is 4.05. The third-order valence-electron chi connectivity index (χ3n) is 5.06. The Labute approximate surface area is 156 Å². The van der Waals surface area contributed by atoms with Crippen molar-refractivity contribution >= 4 is 29.4 Å². The number of rotatable bonds is 6. The average Bonchev–Trinajstić information content (AvgIpc) is 3.21. The van der Waals surface area contributed by atoms with E-state index in [0.29, 0.717) is 5.84 Å². The second-order valence-electron chi connectivity index (χ2n) is 5.99. The summed E-state index contributed by atoms with van der Waals surface area (Å²) in [7, 11) is 1.61. The molecule has 0 saturated heterocycles. The van der Waals surface area contributed by atoms with Gasteiger partial charge in [-0.2, -0.15) is 10.5 Å². The lowest BCUT2D eigenvalue weighted by atomic mass is 9.97. The van der Waals surface area contributed by atoms with Crippen LogP contribution < -0.4 is 10.5 Å². The number of fused-ring (bicyclic) bond motifs is 1. The molecule has 3 rings (SSSR count). The third kappa shape index (κ3) is 2.00. The Balaban J connectivity index is 2.17. The van der Waals surface area contributed by atoms with E-state index in [0.717, 1.165) is 22.8 Å². The molecule has 5 nitrogen and oxygen atoms in total. The highest BCUT2D eigenvalue weighted by Crippen LogP contribution is 2.85. The molecule has 7 heteroatoms. The fourth-order valence-corrected chi connectivity index (χ4v) is 7.30. The quantitative estimate of drug-likeness (QED) is 0.770. The maximum absolute atomic E-state index is 10.2. The minimum Gasteiger partial charge on any atom is -0.497 e. The van der Waals surface area contributed by atoms with E-state index in [1.54, 1.807) is 30.6 Å². The number of aliphatic imine (C=N–C) groups is 1. The first-order valence-corrected chi connectivity index (χ1v) is 10.1. The molecule has 1 aliphatic heterocycles. The first kappa shape index (κ1) is 18.0. The SMILES string of the molecule is CCSC1(SCC)N=C(N)C2(C#N)C(c3ccc(OC)cc3)C12C#N. The molecule has 0 radical (unpaired) electrons. The van der Waals surface area contributed by atoms with Crippen molar-refractivity contribution in [3.05, 3.63) is 29.8 Å². The monoisotopic (exact) mass is 372 g/mol. The second-order valence-corrected chi connectivity index (χ2v) is 9.16. The van der Waals surface area contributed by atoms with Crippen LogP contribution in [-0.4, -0.2) is 28.7 Å². The van der Waals surface area contributed by atoms with Gasteiger partial charge in [0.15, 0.2) is 4.20 Å². The second kappa shape index (κ2) is 6.16. The maximum atomic E-state index is 10.2. The number of nitrogens with zero attached hydrogens (tertiary/aromatic N) is 3. The fraction of sp³-hybridized carbons (Fsp3) is 0.500. The minimum absolute atomic E-state index is 0.281. The Morgan fingerprint density at radius 3 is 2.20 bits per heavy atom. The van der Waals surface area contributed by atoms with Crippen molar-refractivity contribution in [1.82, 2.24) is 0 Å². The lowest BCUT2D eigenvalue weighted by Gasteiger charge is -2.31. The summed E-state index contributed by atoms with van der Waals surface area (Å²) in [5.41, 5.74) is 5.20. The van der Waals surface area contributed by atoms with Crippen molar-refractivity contribution in [2.75, 3.05) is 18.6 Å².